The van der Waals surface area contributed by atoms with Gasteiger partial charge in [-0.1, -0.05) is 18.2 Å². The Kier molecular flexibility index (Phi) is 6.65. The van der Waals surface area contributed by atoms with Crippen LogP contribution in [0.3, 0.4) is 0 Å². The van der Waals surface area contributed by atoms with Crippen molar-refractivity contribution in [3.63, 3.8) is 0 Å². The number of piperidine rings is 1. The minimum Gasteiger partial charge on any atom is -0.373 e. The van der Waals surface area contributed by atoms with Crippen molar-refractivity contribution in [3.05, 3.63) is 53.7 Å². The summed E-state index contributed by atoms with van der Waals surface area (Å²) in [6.07, 6.45) is 6.96. The van der Waals surface area contributed by atoms with Crippen molar-refractivity contribution >= 4 is 17.4 Å². The van der Waals surface area contributed by atoms with E-state index in [1.54, 1.807) is 0 Å². The molecule has 0 spiro atoms. The summed E-state index contributed by atoms with van der Waals surface area (Å²) >= 11 is 0. The molecule has 4 heterocycles. The molecule has 2 aromatic rings. The number of carbonyl (C=O) groups excluding carboxylic acids is 1. The van der Waals surface area contributed by atoms with E-state index in [0.717, 1.165) is 81.5 Å². The standard InChI is InChI=1S/C27H36N4O2/c1-20-18-29(19-21(2)33-20)14-9-22-10-15-30(16-11-22)26-24(7-5-13-28-26)27(32)31-17-12-23-6-3-4-8-25(23)31/h3-8,13,20-22H,9-12,14-19H2,1-2H3. The maximum absolute atomic E-state index is 13.5. The van der Waals surface area contributed by atoms with Gasteiger partial charge in [-0.2, -0.15) is 0 Å². The first-order chi connectivity index (χ1) is 16.1. The summed E-state index contributed by atoms with van der Waals surface area (Å²) < 4.78 is 5.87. The molecule has 5 rings (SSSR count). The Morgan fingerprint density at radius 2 is 1.79 bits per heavy atom. The van der Waals surface area contributed by atoms with Gasteiger partial charge in [-0.3, -0.25) is 9.69 Å². The average Bonchev–Trinajstić information content (AvgIpc) is 3.26. The topological polar surface area (TPSA) is 48.9 Å². The molecule has 6 nitrogen and oxygen atoms in total. The zero-order valence-corrected chi connectivity index (χ0v) is 19.9. The summed E-state index contributed by atoms with van der Waals surface area (Å²) in [5.74, 6) is 1.66. The van der Waals surface area contributed by atoms with E-state index in [1.807, 2.05) is 35.4 Å². The Hall–Kier alpha value is -2.44. The van der Waals surface area contributed by atoms with Crippen LogP contribution >= 0.6 is 0 Å². The van der Waals surface area contributed by atoms with Crippen molar-refractivity contribution in [1.29, 1.82) is 0 Å². The summed E-state index contributed by atoms with van der Waals surface area (Å²) in [7, 11) is 0. The maximum Gasteiger partial charge on any atom is 0.262 e. The van der Waals surface area contributed by atoms with Crippen LogP contribution in [0.25, 0.3) is 0 Å². The van der Waals surface area contributed by atoms with E-state index >= 15 is 0 Å². The van der Waals surface area contributed by atoms with Crippen LogP contribution in [0, 0.1) is 5.92 Å². The van der Waals surface area contributed by atoms with Gasteiger partial charge in [0.25, 0.3) is 5.91 Å². The number of anilines is 2. The molecule has 0 saturated carbocycles. The van der Waals surface area contributed by atoms with Crippen molar-refractivity contribution in [2.75, 3.05) is 49.1 Å². The number of carbonyl (C=O) groups is 1. The lowest BCUT2D eigenvalue weighted by molar-refractivity contribution is -0.0690. The first kappa shape index (κ1) is 22.4. The third kappa shape index (κ3) is 4.92. The molecule has 0 N–H and O–H groups in total. The minimum absolute atomic E-state index is 0.0701. The van der Waals surface area contributed by atoms with E-state index in [1.165, 1.54) is 12.0 Å². The highest BCUT2D eigenvalue weighted by molar-refractivity contribution is 6.10. The van der Waals surface area contributed by atoms with Gasteiger partial charge in [0.2, 0.25) is 0 Å². The van der Waals surface area contributed by atoms with Crippen molar-refractivity contribution in [2.24, 2.45) is 5.92 Å². The van der Waals surface area contributed by atoms with E-state index < -0.39 is 0 Å². The SMILES string of the molecule is CC1CN(CCC2CCN(c3ncccc3C(=O)N3CCc4ccccc43)CC2)CC(C)O1. The molecule has 1 aromatic carbocycles. The lowest BCUT2D eigenvalue weighted by Gasteiger charge is -2.37. The predicted octanol–water partition coefficient (Wildman–Crippen LogP) is 4.00. The molecule has 2 fully saturated rings. The second-order valence-electron chi connectivity index (χ2n) is 9.95. The van der Waals surface area contributed by atoms with Crippen molar-refractivity contribution in [2.45, 2.75) is 51.7 Å². The third-order valence-corrected chi connectivity index (χ3v) is 7.41. The molecular formula is C27H36N4O2. The maximum atomic E-state index is 13.5. The van der Waals surface area contributed by atoms with Crippen molar-refractivity contribution in [3.8, 4) is 0 Å². The van der Waals surface area contributed by atoms with Gasteiger partial charge in [0.1, 0.15) is 5.82 Å². The fourth-order valence-corrected chi connectivity index (χ4v) is 5.78. The van der Waals surface area contributed by atoms with E-state index in [-0.39, 0.29) is 5.91 Å². The number of morpholine rings is 1. The number of benzene rings is 1. The number of pyridine rings is 1. The zero-order chi connectivity index (χ0) is 22.8. The molecule has 33 heavy (non-hydrogen) atoms. The number of para-hydroxylation sites is 1. The Morgan fingerprint density at radius 3 is 2.58 bits per heavy atom. The Labute approximate surface area is 197 Å². The van der Waals surface area contributed by atoms with Gasteiger partial charge in [-0.15, -0.1) is 0 Å². The predicted molar refractivity (Wildman–Crippen MR) is 132 cm³/mol. The second kappa shape index (κ2) is 9.82. The average molecular weight is 449 g/mol. The van der Waals surface area contributed by atoms with Crippen LogP contribution in [-0.4, -0.2) is 67.3 Å². The molecule has 176 valence electrons. The van der Waals surface area contributed by atoms with Crippen molar-refractivity contribution < 1.29 is 9.53 Å². The van der Waals surface area contributed by atoms with Crippen LogP contribution in [-0.2, 0) is 11.2 Å². The molecule has 3 aliphatic heterocycles. The molecule has 1 aromatic heterocycles. The van der Waals surface area contributed by atoms with Crippen LogP contribution in [0.5, 0.6) is 0 Å². The van der Waals surface area contributed by atoms with E-state index in [2.05, 4.69) is 40.8 Å². The molecule has 6 heteroatoms. The molecule has 0 radical (unpaired) electrons. The first-order valence-corrected chi connectivity index (χ1v) is 12.6. The third-order valence-electron chi connectivity index (χ3n) is 7.41. The molecule has 3 aliphatic rings. The molecule has 0 bridgehead atoms. The van der Waals surface area contributed by atoms with E-state index in [9.17, 15) is 4.79 Å². The Bertz CT molecular complexity index is 962. The van der Waals surface area contributed by atoms with Gasteiger partial charge in [-0.25, -0.2) is 4.98 Å². The number of nitrogens with zero attached hydrogens (tertiary/aromatic N) is 4. The Morgan fingerprint density at radius 1 is 1.03 bits per heavy atom. The van der Waals surface area contributed by atoms with Gasteiger partial charge in [-0.05, 0) is 75.8 Å². The fourth-order valence-electron chi connectivity index (χ4n) is 5.78. The van der Waals surface area contributed by atoms with E-state index in [4.69, 9.17) is 4.74 Å². The highest BCUT2D eigenvalue weighted by atomic mass is 16.5. The van der Waals surface area contributed by atoms with Crippen LogP contribution in [0.1, 0.15) is 49.0 Å². The van der Waals surface area contributed by atoms with Gasteiger partial charge >= 0.3 is 0 Å². The molecular weight excluding hydrogens is 412 g/mol. The summed E-state index contributed by atoms with van der Waals surface area (Å²) in [4.78, 5) is 25.0. The highest BCUT2D eigenvalue weighted by Gasteiger charge is 2.30. The number of aromatic nitrogens is 1. The molecule has 0 aliphatic carbocycles. The molecule has 1 amide bonds. The lowest BCUT2D eigenvalue weighted by atomic mass is 9.93. The van der Waals surface area contributed by atoms with Crippen LogP contribution in [0.4, 0.5) is 11.5 Å². The van der Waals surface area contributed by atoms with E-state index in [0.29, 0.717) is 12.2 Å². The Balaban J connectivity index is 1.20. The fraction of sp³-hybridized carbons (Fsp3) is 0.556. The van der Waals surface area contributed by atoms with Crippen LogP contribution in [0.2, 0.25) is 0 Å². The summed E-state index contributed by atoms with van der Waals surface area (Å²) in [5, 5.41) is 0. The number of rotatable bonds is 5. The quantitative estimate of drug-likeness (QED) is 0.692. The van der Waals surface area contributed by atoms with Gasteiger partial charge in [0, 0.05) is 44.6 Å². The summed E-state index contributed by atoms with van der Waals surface area (Å²) in [5.41, 5.74) is 3.02. The van der Waals surface area contributed by atoms with Gasteiger partial charge in [0.05, 0.1) is 17.8 Å². The lowest BCUT2D eigenvalue weighted by Crippen LogP contribution is -2.46. The normalized spacial score (nSPS) is 24.2. The second-order valence-corrected chi connectivity index (χ2v) is 9.95. The first-order valence-electron chi connectivity index (χ1n) is 12.6. The number of amides is 1. The van der Waals surface area contributed by atoms with Crippen LogP contribution in [0.15, 0.2) is 42.6 Å². The number of ether oxygens (including phenoxy) is 1. The minimum atomic E-state index is 0.0701. The molecule has 2 atom stereocenters. The van der Waals surface area contributed by atoms with Crippen molar-refractivity contribution in [1.82, 2.24) is 9.88 Å². The smallest absolute Gasteiger partial charge is 0.262 e. The number of hydrogen-bond acceptors (Lipinski definition) is 5. The van der Waals surface area contributed by atoms with Gasteiger partial charge < -0.3 is 14.5 Å². The zero-order valence-electron chi connectivity index (χ0n) is 19.9. The highest BCUT2D eigenvalue weighted by Crippen LogP contribution is 2.32. The number of fused-ring (bicyclic) bond motifs is 1. The van der Waals surface area contributed by atoms with Gasteiger partial charge in [0.15, 0.2) is 0 Å². The summed E-state index contributed by atoms with van der Waals surface area (Å²) in [6, 6.07) is 12.1. The largest absolute Gasteiger partial charge is 0.373 e. The summed E-state index contributed by atoms with van der Waals surface area (Å²) in [6.45, 7) is 10.3. The molecule has 2 unspecified atom stereocenters. The molecule has 2 saturated heterocycles. The number of hydrogen-bond donors (Lipinski definition) is 0. The van der Waals surface area contributed by atoms with Crippen LogP contribution < -0.4 is 9.80 Å². The monoisotopic (exact) mass is 448 g/mol.